The minimum absolute atomic E-state index is 0.00334. The zero-order valence-electron chi connectivity index (χ0n) is 14.6. The lowest BCUT2D eigenvalue weighted by Gasteiger charge is -2.03. The van der Waals surface area contributed by atoms with Crippen LogP contribution >= 0.6 is 0 Å². The molecule has 0 bridgehead atoms. The van der Waals surface area contributed by atoms with Gasteiger partial charge in [-0.2, -0.15) is 0 Å². The first-order valence-electron chi connectivity index (χ1n) is 8.12. The van der Waals surface area contributed by atoms with Crippen molar-refractivity contribution in [2.45, 2.75) is 6.42 Å². The Morgan fingerprint density at radius 2 is 2.04 bits per heavy atom. The number of nitrogens with two attached hydrogens (primary N) is 1. The molecule has 0 saturated heterocycles. The van der Waals surface area contributed by atoms with Gasteiger partial charge in [0.1, 0.15) is 23.5 Å². The number of carbonyl (C=O) groups excluding carboxylic acids is 2. The van der Waals surface area contributed by atoms with Crippen molar-refractivity contribution in [3.8, 4) is 11.3 Å². The quantitative estimate of drug-likeness (QED) is 0.338. The van der Waals surface area contributed by atoms with E-state index in [-0.39, 0.29) is 24.5 Å². The predicted octanol–water partition coefficient (Wildman–Crippen LogP) is 0.973. The summed E-state index contributed by atoms with van der Waals surface area (Å²) in [7, 11) is 1.29. The minimum atomic E-state index is -0.396. The van der Waals surface area contributed by atoms with Crippen molar-refractivity contribution in [3.05, 3.63) is 54.1 Å². The predicted molar refractivity (Wildman–Crippen MR) is 98.4 cm³/mol. The van der Waals surface area contributed by atoms with Crippen LogP contribution < -0.4 is 11.1 Å². The van der Waals surface area contributed by atoms with E-state index in [1.165, 1.54) is 13.4 Å². The van der Waals surface area contributed by atoms with Gasteiger partial charge < -0.3 is 15.8 Å². The van der Waals surface area contributed by atoms with Gasteiger partial charge in [0.15, 0.2) is 0 Å². The number of nitrogen functional groups attached to an aromatic ring is 1. The number of ether oxygens (including phenoxy) is 1. The SMILES string of the molecule is COC(=O)CCNC(=O)c1cc2nc(-c3ccc(C(=N)N)cc3)cn2cn1. The largest absolute Gasteiger partial charge is 0.469 e. The van der Waals surface area contributed by atoms with Crippen molar-refractivity contribution in [3.63, 3.8) is 0 Å². The Bertz CT molecular complexity index is 1010. The Labute approximate surface area is 154 Å². The lowest BCUT2D eigenvalue weighted by atomic mass is 10.1. The molecule has 9 nitrogen and oxygen atoms in total. The number of carbonyl (C=O) groups is 2. The molecule has 0 radical (unpaired) electrons. The summed E-state index contributed by atoms with van der Waals surface area (Å²) in [4.78, 5) is 31.8. The van der Waals surface area contributed by atoms with Crippen LogP contribution in [0.5, 0.6) is 0 Å². The second kappa shape index (κ2) is 7.65. The van der Waals surface area contributed by atoms with Gasteiger partial charge in [-0.1, -0.05) is 24.3 Å². The van der Waals surface area contributed by atoms with Gasteiger partial charge in [-0.05, 0) is 0 Å². The van der Waals surface area contributed by atoms with Gasteiger partial charge in [0, 0.05) is 29.9 Å². The number of imidazole rings is 1. The highest BCUT2D eigenvalue weighted by atomic mass is 16.5. The number of nitrogens with one attached hydrogen (secondary N) is 2. The highest BCUT2D eigenvalue weighted by Gasteiger charge is 2.11. The molecule has 27 heavy (non-hydrogen) atoms. The minimum Gasteiger partial charge on any atom is -0.469 e. The summed E-state index contributed by atoms with van der Waals surface area (Å²) in [5.74, 6) is -0.784. The number of amidine groups is 1. The molecule has 2 heterocycles. The van der Waals surface area contributed by atoms with Gasteiger partial charge in [0.05, 0.1) is 19.2 Å². The molecule has 0 aliphatic heterocycles. The van der Waals surface area contributed by atoms with Gasteiger partial charge in [0.2, 0.25) is 0 Å². The van der Waals surface area contributed by atoms with E-state index in [9.17, 15) is 9.59 Å². The third-order valence-corrected chi connectivity index (χ3v) is 3.91. The van der Waals surface area contributed by atoms with Crippen LogP contribution in [-0.2, 0) is 9.53 Å². The molecule has 3 rings (SSSR count). The fraction of sp³-hybridized carbons (Fsp3) is 0.167. The summed E-state index contributed by atoms with van der Waals surface area (Å²) in [5.41, 5.74) is 8.42. The number of fused-ring (bicyclic) bond motifs is 1. The molecule has 1 aromatic carbocycles. The number of hydrogen-bond acceptors (Lipinski definition) is 6. The summed E-state index contributed by atoms with van der Waals surface area (Å²) < 4.78 is 6.23. The summed E-state index contributed by atoms with van der Waals surface area (Å²) >= 11 is 0. The van der Waals surface area contributed by atoms with Crippen LogP contribution in [0, 0.1) is 5.41 Å². The van der Waals surface area contributed by atoms with Gasteiger partial charge >= 0.3 is 5.97 Å². The Balaban J connectivity index is 1.77. The number of esters is 1. The summed E-state index contributed by atoms with van der Waals surface area (Å²) in [6.45, 7) is 0.167. The first-order valence-corrected chi connectivity index (χ1v) is 8.12. The second-order valence-electron chi connectivity index (χ2n) is 5.74. The number of amides is 1. The van der Waals surface area contributed by atoms with Crippen LogP contribution in [0.15, 0.2) is 42.9 Å². The summed E-state index contributed by atoms with van der Waals surface area (Å²) in [5, 5.41) is 10.0. The Hall–Kier alpha value is -3.75. The number of aromatic nitrogens is 3. The van der Waals surface area contributed by atoms with E-state index in [1.54, 1.807) is 28.8 Å². The van der Waals surface area contributed by atoms with E-state index in [0.717, 1.165) is 5.56 Å². The lowest BCUT2D eigenvalue weighted by Crippen LogP contribution is -2.27. The Kier molecular flexibility index (Phi) is 5.11. The van der Waals surface area contributed by atoms with Gasteiger partial charge in [-0.15, -0.1) is 0 Å². The van der Waals surface area contributed by atoms with Crippen LogP contribution in [-0.4, -0.2) is 45.7 Å². The van der Waals surface area contributed by atoms with Gasteiger partial charge in [0.25, 0.3) is 5.91 Å². The maximum atomic E-state index is 12.1. The van der Waals surface area contributed by atoms with Crippen molar-refractivity contribution in [2.24, 2.45) is 5.73 Å². The van der Waals surface area contributed by atoms with E-state index in [4.69, 9.17) is 11.1 Å². The normalized spacial score (nSPS) is 10.6. The van der Waals surface area contributed by atoms with Crippen LogP contribution in [0.2, 0.25) is 0 Å². The van der Waals surface area contributed by atoms with Gasteiger partial charge in [-0.3, -0.25) is 19.4 Å². The van der Waals surface area contributed by atoms with Crippen molar-refractivity contribution in [2.75, 3.05) is 13.7 Å². The number of hydrogen-bond donors (Lipinski definition) is 3. The standard InChI is InChI=1S/C18H18N6O3/c1-27-16(25)6-7-21-18(26)13-8-15-23-14(9-24(15)10-22-13)11-2-4-12(5-3-11)17(19)20/h2-5,8-10H,6-7H2,1H3,(H3,19,20)(H,21,26). The third-order valence-electron chi connectivity index (χ3n) is 3.91. The highest BCUT2D eigenvalue weighted by molar-refractivity contribution is 5.95. The van der Waals surface area contributed by atoms with Crippen LogP contribution in [0.3, 0.4) is 0 Å². The van der Waals surface area contributed by atoms with Crippen molar-refractivity contribution in [1.29, 1.82) is 5.41 Å². The maximum absolute atomic E-state index is 12.1. The van der Waals surface area contributed by atoms with Crippen LogP contribution in [0.25, 0.3) is 16.9 Å². The monoisotopic (exact) mass is 366 g/mol. The molecule has 138 valence electrons. The van der Waals surface area contributed by atoms with Crippen LogP contribution in [0.4, 0.5) is 0 Å². The number of rotatable bonds is 6. The molecule has 0 saturated carbocycles. The second-order valence-corrected chi connectivity index (χ2v) is 5.74. The summed E-state index contributed by atoms with van der Waals surface area (Å²) in [6.07, 6.45) is 3.39. The molecule has 0 fully saturated rings. The first kappa shape index (κ1) is 18.1. The molecule has 9 heteroatoms. The molecule has 4 N–H and O–H groups in total. The zero-order valence-corrected chi connectivity index (χ0v) is 14.6. The molecular formula is C18H18N6O3. The van der Waals surface area contributed by atoms with Crippen molar-refractivity contribution in [1.82, 2.24) is 19.7 Å². The molecule has 0 spiro atoms. The van der Waals surface area contributed by atoms with Crippen molar-refractivity contribution < 1.29 is 14.3 Å². The molecule has 0 aliphatic carbocycles. The van der Waals surface area contributed by atoms with E-state index in [2.05, 4.69) is 20.0 Å². The average molecular weight is 366 g/mol. The molecule has 0 atom stereocenters. The van der Waals surface area contributed by atoms with E-state index in [0.29, 0.717) is 16.9 Å². The molecule has 1 amide bonds. The average Bonchev–Trinajstić information content (AvgIpc) is 3.11. The zero-order chi connectivity index (χ0) is 19.4. The first-order chi connectivity index (χ1) is 13.0. The number of methoxy groups -OCH3 is 1. The molecule has 0 aliphatic rings. The van der Waals surface area contributed by atoms with E-state index >= 15 is 0 Å². The van der Waals surface area contributed by atoms with E-state index in [1.807, 2.05) is 12.1 Å². The molecule has 2 aromatic heterocycles. The van der Waals surface area contributed by atoms with E-state index < -0.39 is 11.9 Å². The Morgan fingerprint density at radius 3 is 2.70 bits per heavy atom. The lowest BCUT2D eigenvalue weighted by molar-refractivity contribution is -0.140. The third kappa shape index (κ3) is 4.09. The van der Waals surface area contributed by atoms with Crippen molar-refractivity contribution >= 4 is 23.4 Å². The number of benzene rings is 1. The smallest absolute Gasteiger partial charge is 0.307 e. The molecular weight excluding hydrogens is 348 g/mol. The molecule has 0 unspecified atom stereocenters. The molecule has 3 aromatic rings. The number of nitrogens with zero attached hydrogens (tertiary/aromatic N) is 3. The Morgan fingerprint density at radius 1 is 1.30 bits per heavy atom. The fourth-order valence-electron chi connectivity index (χ4n) is 2.45. The topological polar surface area (TPSA) is 135 Å². The highest BCUT2D eigenvalue weighted by Crippen LogP contribution is 2.19. The fourth-order valence-corrected chi connectivity index (χ4v) is 2.45. The van der Waals surface area contributed by atoms with Gasteiger partial charge in [-0.25, -0.2) is 9.97 Å². The summed E-state index contributed by atoms with van der Waals surface area (Å²) in [6, 6.07) is 8.72. The van der Waals surface area contributed by atoms with Crippen LogP contribution in [0.1, 0.15) is 22.5 Å². The maximum Gasteiger partial charge on any atom is 0.307 e.